The Kier molecular flexibility index (Phi) is 5.57. The lowest BCUT2D eigenvalue weighted by Crippen LogP contribution is -2.23. The molecule has 2 heterocycles. The molecule has 2 aromatic carbocycles. The first-order valence-electron chi connectivity index (χ1n) is 10.2. The van der Waals surface area contributed by atoms with Crippen molar-refractivity contribution in [2.45, 2.75) is 33.7 Å². The quantitative estimate of drug-likeness (QED) is 0.492. The van der Waals surface area contributed by atoms with Crippen LogP contribution in [0.5, 0.6) is 0 Å². The van der Waals surface area contributed by atoms with Crippen molar-refractivity contribution in [3.63, 3.8) is 0 Å². The number of benzene rings is 2. The Morgan fingerprint density at radius 3 is 2.50 bits per heavy atom. The first kappa shape index (κ1) is 19.8. The van der Waals surface area contributed by atoms with Gasteiger partial charge in [-0.1, -0.05) is 49.4 Å². The number of pyridine rings is 2. The van der Waals surface area contributed by atoms with Gasteiger partial charge in [0.1, 0.15) is 0 Å². The van der Waals surface area contributed by atoms with Gasteiger partial charge in [-0.25, -0.2) is 4.98 Å². The second kappa shape index (κ2) is 8.46. The highest BCUT2D eigenvalue weighted by Crippen LogP contribution is 2.28. The maximum atomic E-state index is 13.1. The summed E-state index contributed by atoms with van der Waals surface area (Å²) in [4.78, 5) is 22.4. The number of carbonyl (C=O) groups excluding carboxylic acids is 1. The zero-order valence-electron chi connectivity index (χ0n) is 17.6. The lowest BCUT2D eigenvalue weighted by molar-refractivity contribution is 0.0952. The van der Waals surface area contributed by atoms with Crippen molar-refractivity contribution in [2.75, 3.05) is 0 Å². The molecular formula is C26H25N3O. The molecule has 0 aliphatic rings. The van der Waals surface area contributed by atoms with Crippen LogP contribution in [0.15, 0.2) is 66.9 Å². The zero-order chi connectivity index (χ0) is 21.1. The summed E-state index contributed by atoms with van der Waals surface area (Å²) in [7, 11) is 0. The van der Waals surface area contributed by atoms with E-state index in [0.29, 0.717) is 12.1 Å². The highest BCUT2D eigenvalue weighted by atomic mass is 16.1. The molecular weight excluding hydrogens is 370 g/mol. The minimum absolute atomic E-state index is 0.122. The molecule has 0 fully saturated rings. The van der Waals surface area contributed by atoms with E-state index in [9.17, 15) is 4.79 Å². The normalized spacial score (nSPS) is 10.9. The van der Waals surface area contributed by atoms with Crippen LogP contribution in [0.3, 0.4) is 0 Å². The van der Waals surface area contributed by atoms with Crippen LogP contribution in [0.25, 0.3) is 22.2 Å². The number of nitrogens with one attached hydrogen (secondary N) is 1. The number of nitrogens with zero attached hydrogens (tertiary/aromatic N) is 2. The van der Waals surface area contributed by atoms with Crippen LogP contribution in [-0.2, 0) is 13.0 Å². The predicted molar refractivity (Wildman–Crippen MR) is 121 cm³/mol. The predicted octanol–water partition coefficient (Wildman–Crippen LogP) is 5.41. The summed E-state index contributed by atoms with van der Waals surface area (Å²) in [5.74, 6) is -0.122. The van der Waals surface area contributed by atoms with Crippen LogP contribution in [0.2, 0.25) is 0 Å². The van der Waals surface area contributed by atoms with Crippen molar-refractivity contribution >= 4 is 16.8 Å². The third-order valence-corrected chi connectivity index (χ3v) is 5.56. The third kappa shape index (κ3) is 3.94. The number of hydrogen-bond donors (Lipinski definition) is 1. The summed E-state index contributed by atoms with van der Waals surface area (Å²) in [6, 6.07) is 20.0. The van der Waals surface area contributed by atoms with Crippen molar-refractivity contribution in [1.29, 1.82) is 0 Å². The lowest BCUT2D eigenvalue weighted by atomic mass is 9.98. The summed E-state index contributed by atoms with van der Waals surface area (Å²) in [5.41, 5.74) is 7.68. The van der Waals surface area contributed by atoms with Gasteiger partial charge in [0.05, 0.1) is 29.0 Å². The van der Waals surface area contributed by atoms with E-state index < -0.39 is 0 Å². The number of aryl methyl sites for hydroxylation is 3. The summed E-state index contributed by atoms with van der Waals surface area (Å²) < 4.78 is 0. The molecule has 30 heavy (non-hydrogen) atoms. The average Bonchev–Trinajstić information content (AvgIpc) is 2.80. The first-order valence-corrected chi connectivity index (χ1v) is 10.2. The van der Waals surface area contributed by atoms with Crippen molar-refractivity contribution < 1.29 is 4.79 Å². The molecule has 1 amide bonds. The van der Waals surface area contributed by atoms with Crippen LogP contribution >= 0.6 is 0 Å². The Balaban J connectivity index is 1.78. The van der Waals surface area contributed by atoms with Gasteiger partial charge in [0, 0.05) is 17.1 Å². The van der Waals surface area contributed by atoms with E-state index in [1.807, 2.05) is 36.4 Å². The van der Waals surface area contributed by atoms with Gasteiger partial charge in [-0.15, -0.1) is 0 Å². The maximum absolute atomic E-state index is 13.1. The first-order chi connectivity index (χ1) is 14.6. The molecule has 0 bridgehead atoms. The summed E-state index contributed by atoms with van der Waals surface area (Å²) >= 11 is 0. The SMILES string of the molecule is CCc1ccc(-c2cc(C(=O)NCc3ccccn3)c3ccc(C)c(C)c3n2)cc1. The molecule has 0 aliphatic carbocycles. The van der Waals surface area contributed by atoms with E-state index in [1.54, 1.807) is 6.20 Å². The lowest BCUT2D eigenvalue weighted by Gasteiger charge is -2.13. The molecule has 4 rings (SSSR count). The number of fused-ring (bicyclic) bond motifs is 1. The molecule has 4 aromatic rings. The van der Waals surface area contributed by atoms with Crippen molar-refractivity contribution in [3.8, 4) is 11.3 Å². The topological polar surface area (TPSA) is 54.9 Å². The second-order valence-corrected chi connectivity index (χ2v) is 7.51. The molecule has 4 heteroatoms. The largest absolute Gasteiger partial charge is 0.346 e. The van der Waals surface area contributed by atoms with Gasteiger partial charge in [0.25, 0.3) is 5.91 Å². The molecule has 4 nitrogen and oxygen atoms in total. The van der Waals surface area contributed by atoms with E-state index in [2.05, 4.69) is 55.3 Å². The minimum atomic E-state index is -0.122. The molecule has 0 aliphatic heterocycles. The van der Waals surface area contributed by atoms with Gasteiger partial charge < -0.3 is 5.32 Å². The fourth-order valence-corrected chi connectivity index (χ4v) is 3.55. The molecule has 0 radical (unpaired) electrons. The van der Waals surface area contributed by atoms with E-state index in [-0.39, 0.29) is 5.91 Å². The number of hydrogen-bond acceptors (Lipinski definition) is 3. The Morgan fingerprint density at radius 2 is 1.80 bits per heavy atom. The Labute approximate surface area is 177 Å². The molecule has 0 spiro atoms. The Bertz CT molecular complexity index is 1200. The maximum Gasteiger partial charge on any atom is 0.252 e. The van der Waals surface area contributed by atoms with Crippen LogP contribution in [0.1, 0.15) is 39.7 Å². The zero-order valence-corrected chi connectivity index (χ0v) is 17.6. The highest BCUT2D eigenvalue weighted by Gasteiger charge is 2.16. The molecule has 2 aromatic heterocycles. The van der Waals surface area contributed by atoms with Crippen molar-refractivity contribution in [1.82, 2.24) is 15.3 Å². The van der Waals surface area contributed by atoms with Crippen LogP contribution in [0, 0.1) is 13.8 Å². The fraction of sp³-hybridized carbons (Fsp3) is 0.192. The summed E-state index contributed by atoms with van der Waals surface area (Å²) in [6.45, 7) is 6.65. The summed E-state index contributed by atoms with van der Waals surface area (Å²) in [5, 5.41) is 3.88. The minimum Gasteiger partial charge on any atom is -0.346 e. The molecule has 0 saturated carbocycles. The highest BCUT2D eigenvalue weighted by molar-refractivity contribution is 6.08. The van der Waals surface area contributed by atoms with Gasteiger partial charge in [0.15, 0.2) is 0 Å². The van der Waals surface area contributed by atoms with E-state index in [0.717, 1.165) is 45.4 Å². The van der Waals surface area contributed by atoms with Crippen LogP contribution in [0.4, 0.5) is 0 Å². The Hall–Kier alpha value is -3.53. The van der Waals surface area contributed by atoms with Gasteiger partial charge in [-0.05, 0) is 55.2 Å². The summed E-state index contributed by atoms with van der Waals surface area (Å²) in [6.07, 6.45) is 2.72. The Morgan fingerprint density at radius 1 is 1.00 bits per heavy atom. The van der Waals surface area contributed by atoms with E-state index in [1.165, 1.54) is 5.56 Å². The molecule has 0 saturated heterocycles. The van der Waals surface area contributed by atoms with Crippen molar-refractivity contribution in [2.24, 2.45) is 0 Å². The number of carbonyl (C=O) groups is 1. The van der Waals surface area contributed by atoms with E-state index >= 15 is 0 Å². The standard InChI is InChI=1S/C26H25N3O/c1-4-19-9-11-20(12-10-19)24-15-23(22-13-8-17(2)18(3)25(22)29-24)26(30)28-16-21-7-5-6-14-27-21/h5-15H,4,16H2,1-3H3,(H,28,30). The number of amides is 1. The van der Waals surface area contributed by atoms with E-state index in [4.69, 9.17) is 4.98 Å². The van der Waals surface area contributed by atoms with Gasteiger partial charge in [0.2, 0.25) is 0 Å². The van der Waals surface area contributed by atoms with Gasteiger partial charge in [-0.2, -0.15) is 0 Å². The molecule has 0 unspecified atom stereocenters. The molecule has 150 valence electrons. The smallest absolute Gasteiger partial charge is 0.252 e. The van der Waals surface area contributed by atoms with Crippen molar-refractivity contribution in [3.05, 3.63) is 94.8 Å². The molecule has 1 N–H and O–H groups in total. The molecule has 0 atom stereocenters. The van der Waals surface area contributed by atoms with Gasteiger partial charge >= 0.3 is 0 Å². The third-order valence-electron chi connectivity index (χ3n) is 5.56. The fourth-order valence-electron chi connectivity index (χ4n) is 3.55. The van der Waals surface area contributed by atoms with Crippen LogP contribution < -0.4 is 5.32 Å². The average molecular weight is 396 g/mol. The monoisotopic (exact) mass is 395 g/mol. The number of rotatable bonds is 5. The second-order valence-electron chi connectivity index (χ2n) is 7.51. The van der Waals surface area contributed by atoms with Crippen LogP contribution in [-0.4, -0.2) is 15.9 Å². The van der Waals surface area contributed by atoms with Gasteiger partial charge in [-0.3, -0.25) is 9.78 Å². The number of aromatic nitrogens is 2.